The van der Waals surface area contributed by atoms with Gasteiger partial charge in [-0.25, -0.2) is 0 Å². The van der Waals surface area contributed by atoms with Crippen LogP contribution < -0.4 is 5.73 Å². The zero-order valence-corrected chi connectivity index (χ0v) is 11.3. The van der Waals surface area contributed by atoms with Gasteiger partial charge in [0.05, 0.1) is 6.16 Å². The molecule has 0 spiro atoms. The maximum atomic E-state index is 10.6. The fourth-order valence-electron chi connectivity index (χ4n) is 1.38. The van der Waals surface area contributed by atoms with Crippen molar-refractivity contribution in [2.24, 2.45) is 5.73 Å². The first-order valence-electron chi connectivity index (χ1n) is 5.47. The van der Waals surface area contributed by atoms with Gasteiger partial charge < -0.3 is 15.5 Å². The van der Waals surface area contributed by atoms with Gasteiger partial charge in [0.1, 0.15) is 0 Å². The van der Waals surface area contributed by atoms with Crippen LogP contribution in [0.25, 0.3) is 0 Å². The summed E-state index contributed by atoms with van der Waals surface area (Å²) in [7, 11) is -3.83. The molecule has 0 bridgehead atoms. The summed E-state index contributed by atoms with van der Waals surface area (Å²) in [6, 6.07) is 8.12. The van der Waals surface area contributed by atoms with E-state index in [9.17, 15) is 4.57 Å². The summed E-state index contributed by atoms with van der Waals surface area (Å²) in [5.74, 6) is 0.724. The highest BCUT2D eigenvalue weighted by Gasteiger charge is 2.11. The summed E-state index contributed by atoms with van der Waals surface area (Å²) in [6.07, 6.45) is 1.37. The molecule has 0 aliphatic rings. The number of nitrogens with two attached hydrogens (primary N) is 1. The molecule has 6 heteroatoms. The summed E-state index contributed by atoms with van der Waals surface area (Å²) in [5, 5.41) is 0. The normalized spacial score (nSPS) is 11.7. The third-order valence-electron chi connectivity index (χ3n) is 2.22. The maximum Gasteiger partial charge on any atom is 0.325 e. The molecule has 0 saturated carbocycles. The molecule has 96 valence electrons. The van der Waals surface area contributed by atoms with Gasteiger partial charge in [0.25, 0.3) is 0 Å². The van der Waals surface area contributed by atoms with E-state index in [-0.39, 0.29) is 6.16 Å². The van der Waals surface area contributed by atoms with Crippen molar-refractivity contribution >= 4 is 19.4 Å². The Kier molecular flexibility index (Phi) is 6.23. The Morgan fingerprint density at radius 2 is 1.88 bits per heavy atom. The van der Waals surface area contributed by atoms with Crippen molar-refractivity contribution in [2.45, 2.75) is 17.7 Å². The van der Waals surface area contributed by atoms with E-state index in [1.54, 1.807) is 11.8 Å². The van der Waals surface area contributed by atoms with Crippen LogP contribution in [0.1, 0.15) is 12.0 Å². The van der Waals surface area contributed by atoms with Gasteiger partial charge in [0.2, 0.25) is 0 Å². The average molecular weight is 275 g/mol. The third-order valence-corrected chi connectivity index (χ3v) is 4.22. The van der Waals surface area contributed by atoms with E-state index in [4.69, 9.17) is 15.5 Å². The largest absolute Gasteiger partial charge is 0.330 e. The van der Waals surface area contributed by atoms with Crippen molar-refractivity contribution < 1.29 is 14.4 Å². The van der Waals surface area contributed by atoms with Crippen LogP contribution in [0.3, 0.4) is 0 Å². The van der Waals surface area contributed by atoms with Crippen LogP contribution in [0.15, 0.2) is 29.2 Å². The second-order valence-corrected chi connectivity index (χ2v) is 6.72. The molecule has 0 amide bonds. The van der Waals surface area contributed by atoms with E-state index in [1.165, 1.54) is 5.56 Å². The molecule has 0 heterocycles. The molecule has 4 nitrogen and oxygen atoms in total. The first-order valence-corrected chi connectivity index (χ1v) is 8.26. The highest BCUT2D eigenvalue weighted by atomic mass is 32.2. The molecule has 0 fully saturated rings. The van der Waals surface area contributed by atoms with Crippen molar-refractivity contribution in [1.29, 1.82) is 0 Å². The summed E-state index contributed by atoms with van der Waals surface area (Å²) in [4.78, 5) is 18.5. The summed E-state index contributed by atoms with van der Waals surface area (Å²) in [6.45, 7) is 0.648. The lowest BCUT2D eigenvalue weighted by Gasteiger charge is -2.04. The number of hydrogen-bond donors (Lipinski definition) is 3. The van der Waals surface area contributed by atoms with Crippen LogP contribution in [0, 0.1) is 0 Å². The summed E-state index contributed by atoms with van der Waals surface area (Å²) < 4.78 is 10.6. The Bertz CT molecular complexity index is 377. The van der Waals surface area contributed by atoms with Crippen LogP contribution in [-0.2, 0) is 11.0 Å². The standard InChI is InChI=1S/C11H18NO3PS/c12-7-6-10-2-4-11(5-3-10)17-9-1-8-16(13,14)15/h2-5H,1,6-9,12H2,(H2,13,14,15). The predicted octanol–water partition coefficient (Wildman–Crippen LogP) is 1.85. The van der Waals surface area contributed by atoms with Gasteiger partial charge in [-0.15, -0.1) is 11.8 Å². The number of benzene rings is 1. The van der Waals surface area contributed by atoms with E-state index >= 15 is 0 Å². The quantitative estimate of drug-likeness (QED) is 0.402. The zero-order valence-electron chi connectivity index (χ0n) is 9.58. The fourth-order valence-corrected chi connectivity index (χ4v) is 3.02. The van der Waals surface area contributed by atoms with Gasteiger partial charge in [-0.05, 0) is 42.8 Å². The monoisotopic (exact) mass is 275 g/mol. The molecule has 0 saturated heterocycles. The molecule has 17 heavy (non-hydrogen) atoms. The Morgan fingerprint density at radius 3 is 2.41 bits per heavy atom. The highest BCUT2D eigenvalue weighted by Crippen LogP contribution is 2.35. The van der Waals surface area contributed by atoms with Gasteiger partial charge in [0.15, 0.2) is 0 Å². The van der Waals surface area contributed by atoms with Crippen LogP contribution in [-0.4, -0.2) is 28.2 Å². The first-order chi connectivity index (χ1) is 8.01. The van der Waals surface area contributed by atoms with Crippen LogP contribution in [0.4, 0.5) is 0 Å². The Balaban J connectivity index is 2.30. The molecule has 0 aliphatic heterocycles. The Hall–Kier alpha value is -0.320. The van der Waals surface area contributed by atoms with Crippen molar-refractivity contribution in [3.05, 3.63) is 29.8 Å². The first kappa shape index (κ1) is 14.7. The molecule has 0 aromatic heterocycles. The van der Waals surface area contributed by atoms with Gasteiger partial charge in [0, 0.05) is 4.90 Å². The molecule has 1 aromatic rings. The predicted molar refractivity (Wildman–Crippen MR) is 71.5 cm³/mol. The van der Waals surface area contributed by atoms with Crippen LogP contribution >= 0.6 is 19.4 Å². The Morgan fingerprint density at radius 1 is 1.24 bits per heavy atom. The highest BCUT2D eigenvalue weighted by molar-refractivity contribution is 7.99. The van der Waals surface area contributed by atoms with Gasteiger partial charge in [-0.2, -0.15) is 0 Å². The summed E-state index contributed by atoms with van der Waals surface area (Å²) >= 11 is 1.61. The van der Waals surface area contributed by atoms with Gasteiger partial charge in [-0.3, -0.25) is 4.57 Å². The number of rotatable bonds is 7. The van der Waals surface area contributed by atoms with Gasteiger partial charge in [-0.1, -0.05) is 12.1 Å². The maximum absolute atomic E-state index is 10.6. The molecule has 4 N–H and O–H groups in total. The lowest BCUT2D eigenvalue weighted by molar-refractivity contribution is 0.372. The second-order valence-electron chi connectivity index (χ2n) is 3.77. The molecule has 0 radical (unpaired) electrons. The van der Waals surface area contributed by atoms with Crippen molar-refractivity contribution in [3.8, 4) is 0 Å². The molecule has 1 aromatic carbocycles. The van der Waals surface area contributed by atoms with E-state index < -0.39 is 7.60 Å². The van der Waals surface area contributed by atoms with Gasteiger partial charge >= 0.3 is 7.60 Å². The van der Waals surface area contributed by atoms with E-state index in [1.807, 2.05) is 24.3 Å². The molecule has 1 rings (SSSR count). The van der Waals surface area contributed by atoms with E-state index in [0.29, 0.717) is 13.0 Å². The van der Waals surface area contributed by atoms with Crippen LogP contribution in [0.2, 0.25) is 0 Å². The molecule has 0 aliphatic carbocycles. The second kappa shape index (κ2) is 7.19. The average Bonchev–Trinajstić information content (AvgIpc) is 2.26. The zero-order chi connectivity index (χ0) is 12.7. The minimum atomic E-state index is -3.83. The molecular formula is C11H18NO3PS. The van der Waals surface area contributed by atoms with E-state index in [0.717, 1.165) is 17.1 Å². The fraction of sp³-hybridized carbons (Fsp3) is 0.455. The third kappa shape index (κ3) is 6.86. The summed E-state index contributed by atoms with van der Waals surface area (Å²) in [5.41, 5.74) is 6.67. The molecular weight excluding hydrogens is 257 g/mol. The van der Waals surface area contributed by atoms with Crippen molar-refractivity contribution in [1.82, 2.24) is 0 Å². The minimum Gasteiger partial charge on any atom is -0.330 e. The van der Waals surface area contributed by atoms with Crippen molar-refractivity contribution in [3.63, 3.8) is 0 Å². The van der Waals surface area contributed by atoms with E-state index in [2.05, 4.69) is 0 Å². The van der Waals surface area contributed by atoms with Crippen molar-refractivity contribution in [2.75, 3.05) is 18.5 Å². The lowest BCUT2D eigenvalue weighted by atomic mass is 10.2. The lowest BCUT2D eigenvalue weighted by Crippen LogP contribution is -2.02. The smallest absolute Gasteiger partial charge is 0.325 e. The molecule has 0 atom stereocenters. The topological polar surface area (TPSA) is 83.6 Å². The number of hydrogen-bond acceptors (Lipinski definition) is 3. The number of thioether (sulfide) groups is 1. The van der Waals surface area contributed by atoms with Crippen LogP contribution in [0.5, 0.6) is 0 Å². The molecule has 0 unspecified atom stereocenters. The minimum absolute atomic E-state index is 0.0365. The SMILES string of the molecule is NCCc1ccc(SCCCP(=O)(O)O)cc1. The Labute approximate surface area is 106 Å².